The molecular formula is C20H20Cl2N4O2S. The summed E-state index contributed by atoms with van der Waals surface area (Å²) in [6, 6.07) is 7.41. The Morgan fingerprint density at radius 1 is 1.17 bits per heavy atom. The number of imidazole rings is 1. The molecule has 0 radical (unpaired) electrons. The van der Waals surface area contributed by atoms with E-state index in [1.54, 1.807) is 41.1 Å². The summed E-state index contributed by atoms with van der Waals surface area (Å²) in [5.41, 5.74) is 8.17. The fourth-order valence-corrected chi connectivity index (χ4v) is 4.92. The number of nitrogens with two attached hydrogens (primary N) is 1. The maximum atomic E-state index is 11.1. The number of carbonyl (C=O) groups excluding carboxylic acids is 1. The zero-order valence-electron chi connectivity index (χ0n) is 15.9. The monoisotopic (exact) mass is 450 g/mol. The van der Waals surface area contributed by atoms with Gasteiger partial charge in [-0.2, -0.15) is 0 Å². The molecule has 6 nitrogen and oxygen atoms in total. The van der Waals surface area contributed by atoms with Gasteiger partial charge in [0.25, 0.3) is 0 Å². The summed E-state index contributed by atoms with van der Waals surface area (Å²) in [7, 11) is 0. The third-order valence-corrected chi connectivity index (χ3v) is 5.92. The highest BCUT2D eigenvalue weighted by Gasteiger charge is 2.24. The number of primary amides is 1. The topological polar surface area (TPSA) is 83.0 Å². The van der Waals surface area contributed by atoms with Crippen molar-refractivity contribution in [2.75, 3.05) is 0 Å². The van der Waals surface area contributed by atoms with Gasteiger partial charge >= 0.3 is 6.09 Å². The Bertz CT molecular complexity index is 989. The van der Waals surface area contributed by atoms with E-state index in [1.807, 2.05) is 24.4 Å². The van der Waals surface area contributed by atoms with Gasteiger partial charge in [0.2, 0.25) is 0 Å². The van der Waals surface area contributed by atoms with Gasteiger partial charge < -0.3 is 10.5 Å². The van der Waals surface area contributed by atoms with Gasteiger partial charge in [-0.3, -0.25) is 9.55 Å². The Kier molecular flexibility index (Phi) is 7.05. The van der Waals surface area contributed by atoms with Gasteiger partial charge in [-0.1, -0.05) is 37.0 Å². The molecule has 1 atom stereocenters. The molecule has 0 aliphatic heterocycles. The molecule has 0 aliphatic rings. The van der Waals surface area contributed by atoms with Crippen molar-refractivity contribution < 1.29 is 9.53 Å². The number of hydrogen-bond acceptors (Lipinski definition) is 5. The van der Waals surface area contributed by atoms with Crippen molar-refractivity contribution in [2.24, 2.45) is 5.73 Å². The lowest BCUT2D eigenvalue weighted by Crippen LogP contribution is -2.17. The average molecular weight is 451 g/mol. The minimum Gasteiger partial charge on any atom is -0.428 e. The number of ether oxygens (including phenoxy) is 1. The molecule has 3 rings (SSSR count). The van der Waals surface area contributed by atoms with Crippen LogP contribution in [0.2, 0.25) is 10.0 Å². The van der Waals surface area contributed by atoms with Crippen LogP contribution in [0.4, 0.5) is 4.79 Å². The minimum atomic E-state index is -0.845. The quantitative estimate of drug-likeness (QED) is 0.470. The lowest BCUT2D eigenvalue weighted by molar-refractivity contribution is 0.122. The minimum absolute atomic E-state index is 0.0277. The van der Waals surface area contributed by atoms with Gasteiger partial charge in [0.1, 0.15) is 0 Å². The number of amides is 1. The number of carbonyl (C=O) groups is 1. The first-order valence-corrected chi connectivity index (χ1v) is 10.5. The van der Waals surface area contributed by atoms with Crippen LogP contribution in [0.15, 0.2) is 54.1 Å². The fourth-order valence-electron chi connectivity index (χ4n) is 2.94. The standard InChI is InChI=1S/C20H20Cl2N4O2S/c1-12(2)17-8-24-4-3-16(17)19(29-15-6-13(21)5-14(22)7-15)18-9-25-10-26(18)11-28-20(23)27/h3-10,12,19H,11H2,1-2H3,(H2,23,27). The van der Waals surface area contributed by atoms with E-state index in [0.29, 0.717) is 10.0 Å². The molecule has 0 fully saturated rings. The molecule has 1 amide bonds. The molecular weight excluding hydrogens is 431 g/mol. The van der Waals surface area contributed by atoms with Crippen LogP contribution in [0.3, 0.4) is 0 Å². The number of nitrogens with zero attached hydrogens (tertiary/aromatic N) is 3. The Labute approximate surface area is 183 Å². The largest absolute Gasteiger partial charge is 0.428 e. The molecule has 0 aliphatic carbocycles. The highest BCUT2D eigenvalue weighted by atomic mass is 35.5. The van der Waals surface area contributed by atoms with Gasteiger partial charge in [-0.15, -0.1) is 11.8 Å². The molecule has 2 N–H and O–H groups in total. The second-order valence-corrected chi connectivity index (χ2v) is 8.69. The Hall–Kier alpha value is -2.22. The predicted molar refractivity (Wildman–Crippen MR) is 115 cm³/mol. The normalized spacial score (nSPS) is 12.2. The van der Waals surface area contributed by atoms with Crippen molar-refractivity contribution in [3.05, 3.63) is 76.0 Å². The molecule has 3 aromatic rings. The smallest absolute Gasteiger partial charge is 0.406 e. The highest BCUT2D eigenvalue weighted by molar-refractivity contribution is 7.99. The Morgan fingerprint density at radius 3 is 2.55 bits per heavy atom. The zero-order valence-corrected chi connectivity index (χ0v) is 18.2. The lowest BCUT2D eigenvalue weighted by atomic mass is 9.96. The van der Waals surface area contributed by atoms with Gasteiger partial charge in [0.15, 0.2) is 6.73 Å². The van der Waals surface area contributed by atoms with E-state index in [1.165, 1.54) is 0 Å². The number of rotatable bonds is 7. The molecule has 2 heterocycles. The first-order valence-electron chi connectivity index (χ1n) is 8.84. The molecule has 152 valence electrons. The van der Waals surface area contributed by atoms with Gasteiger partial charge in [0.05, 0.1) is 17.3 Å². The SMILES string of the molecule is CC(C)c1cnccc1C(Sc1cc(Cl)cc(Cl)c1)c1cncn1COC(N)=O. The summed E-state index contributed by atoms with van der Waals surface area (Å²) >= 11 is 14.0. The van der Waals surface area contributed by atoms with Gasteiger partial charge in [-0.05, 0) is 41.3 Å². The molecule has 2 aromatic heterocycles. The van der Waals surface area contributed by atoms with E-state index in [0.717, 1.165) is 21.7 Å². The highest BCUT2D eigenvalue weighted by Crippen LogP contribution is 2.44. The summed E-state index contributed by atoms with van der Waals surface area (Å²) in [5.74, 6) is 0.267. The second kappa shape index (κ2) is 9.52. The number of thioether (sulfide) groups is 1. The predicted octanol–water partition coefficient (Wildman–Crippen LogP) is 5.64. The van der Waals surface area contributed by atoms with Crippen molar-refractivity contribution in [3.8, 4) is 0 Å². The third kappa shape index (κ3) is 5.44. The lowest BCUT2D eigenvalue weighted by Gasteiger charge is -2.23. The number of aromatic nitrogens is 3. The second-order valence-electron chi connectivity index (χ2n) is 6.64. The first-order chi connectivity index (χ1) is 13.8. The molecule has 29 heavy (non-hydrogen) atoms. The summed E-state index contributed by atoms with van der Waals surface area (Å²) in [6.07, 6.45) is 6.15. The van der Waals surface area contributed by atoms with Crippen LogP contribution in [-0.4, -0.2) is 20.6 Å². The van der Waals surface area contributed by atoms with Crippen molar-refractivity contribution in [1.82, 2.24) is 14.5 Å². The van der Waals surface area contributed by atoms with Crippen molar-refractivity contribution in [2.45, 2.75) is 36.6 Å². The van der Waals surface area contributed by atoms with Crippen molar-refractivity contribution in [3.63, 3.8) is 0 Å². The number of benzene rings is 1. The molecule has 1 aromatic carbocycles. The van der Waals surface area contributed by atoms with E-state index in [-0.39, 0.29) is 17.9 Å². The summed E-state index contributed by atoms with van der Waals surface area (Å²) in [5, 5.41) is 0.954. The van der Waals surface area contributed by atoms with Crippen LogP contribution in [0.1, 0.15) is 41.8 Å². The zero-order chi connectivity index (χ0) is 21.0. The van der Waals surface area contributed by atoms with Crippen LogP contribution in [0.5, 0.6) is 0 Å². The van der Waals surface area contributed by atoms with Crippen molar-refractivity contribution in [1.29, 1.82) is 0 Å². The average Bonchev–Trinajstić information content (AvgIpc) is 3.12. The fraction of sp³-hybridized carbons (Fsp3) is 0.250. The summed E-state index contributed by atoms with van der Waals surface area (Å²) in [6.45, 7) is 4.21. The number of hydrogen-bond donors (Lipinski definition) is 1. The van der Waals surface area contributed by atoms with E-state index in [4.69, 9.17) is 33.7 Å². The van der Waals surface area contributed by atoms with Gasteiger partial charge in [0, 0.05) is 33.5 Å². The maximum absolute atomic E-state index is 11.1. The van der Waals surface area contributed by atoms with Crippen LogP contribution in [0, 0.1) is 0 Å². The Morgan fingerprint density at radius 2 is 1.90 bits per heavy atom. The van der Waals surface area contributed by atoms with Crippen LogP contribution >= 0.6 is 35.0 Å². The van der Waals surface area contributed by atoms with Crippen LogP contribution < -0.4 is 5.73 Å². The molecule has 0 spiro atoms. The molecule has 0 saturated heterocycles. The first kappa shape index (κ1) is 21.5. The Balaban J connectivity index is 2.08. The van der Waals surface area contributed by atoms with Crippen LogP contribution in [-0.2, 0) is 11.5 Å². The number of pyridine rings is 1. The van der Waals surface area contributed by atoms with E-state index < -0.39 is 6.09 Å². The van der Waals surface area contributed by atoms with Crippen molar-refractivity contribution >= 4 is 41.1 Å². The van der Waals surface area contributed by atoms with E-state index in [9.17, 15) is 4.79 Å². The molecule has 0 bridgehead atoms. The molecule has 9 heteroatoms. The molecule has 1 unspecified atom stereocenters. The van der Waals surface area contributed by atoms with E-state index in [2.05, 4.69) is 23.8 Å². The summed E-state index contributed by atoms with van der Waals surface area (Å²) < 4.78 is 6.73. The third-order valence-electron chi connectivity index (χ3n) is 4.24. The van der Waals surface area contributed by atoms with E-state index >= 15 is 0 Å². The number of halogens is 2. The van der Waals surface area contributed by atoms with Crippen LogP contribution in [0.25, 0.3) is 0 Å². The molecule has 0 saturated carbocycles. The summed E-state index contributed by atoms with van der Waals surface area (Å²) in [4.78, 5) is 20.5. The maximum Gasteiger partial charge on any atom is 0.406 e. The van der Waals surface area contributed by atoms with Gasteiger partial charge in [-0.25, -0.2) is 9.78 Å².